The molecule has 1 aromatic heterocycles. The Kier molecular flexibility index (Phi) is 8.84. The summed E-state index contributed by atoms with van der Waals surface area (Å²) < 4.78 is 5.23. The van der Waals surface area contributed by atoms with E-state index in [1.165, 1.54) is 41.3 Å². The number of esters is 1. The molecule has 1 aliphatic carbocycles. The molecule has 11 heteroatoms. The number of thiophene rings is 1. The fraction of sp³-hybridized carbons (Fsp3) is 0.222. The minimum absolute atomic E-state index is 0.176. The zero-order valence-corrected chi connectivity index (χ0v) is 22.7. The number of amides is 1. The highest BCUT2D eigenvalue weighted by atomic mass is 35.5. The van der Waals surface area contributed by atoms with Gasteiger partial charge < -0.3 is 10.1 Å². The first-order valence-electron chi connectivity index (χ1n) is 11.8. The average molecular weight is 568 g/mol. The third kappa shape index (κ3) is 6.25. The molecule has 3 aromatic rings. The van der Waals surface area contributed by atoms with E-state index >= 15 is 0 Å². The maximum absolute atomic E-state index is 13.2. The molecule has 0 unspecified atom stereocenters. The van der Waals surface area contributed by atoms with Crippen LogP contribution < -0.4 is 5.32 Å². The molecule has 1 N–H and O–H groups in total. The molecule has 0 bridgehead atoms. The maximum atomic E-state index is 13.2. The van der Waals surface area contributed by atoms with Crippen LogP contribution in [0, 0.1) is 21.4 Å². The number of carbonyl (C=O) groups excluding carboxylic acids is 2. The van der Waals surface area contributed by atoms with Crippen molar-refractivity contribution in [2.75, 3.05) is 11.9 Å². The van der Waals surface area contributed by atoms with Gasteiger partial charge in [0.2, 0.25) is 0 Å². The average Bonchev–Trinajstić information content (AvgIpc) is 3.27. The number of nitrogens with zero attached hydrogens (tertiary/aromatic N) is 2. The van der Waals surface area contributed by atoms with Gasteiger partial charge in [0.15, 0.2) is 0 Å². The standard InChI is InChI=1S/C27H22ClN3O5S2/c1-2-36-27(33)24-21-5-3-4-6-23(21)38-26(24)30-25(32)17(15-29)13-16-14-19(31(34)35)9-12-22(16)37-20-10-7-18(28)8-11-20/h7-14H,2-6H2,1H3,(H,30,32)/b17-13-. The number of anilines is 1. The second kappa shape index (κ2) is 12.3. The molecule has 2 aromatic carbocycles. The van der Waals surface area contributed by atoms with E-state index in [1.54, 1.807) is 37.3 Å². The van der Waals surface area contributed by atoms with Crippen molar-refractivity contribution in [3.05, 3.63) is 84.7 Å². The topological polar surface area (TPSA) is 122 Å². The SMILES string of the molecule is CCOC(=O)c1c(NC(=O)/C(C#N)=C\c2cc([N+](=O)[O-])ccc2Sc2ccc(Cl)cc2)sc2c1CCCC2. The fourth-order valence-corrected chi connectivity index (χ4v) is 6.33. The number of aryl methyl sites for hydroxylation is 1. The zero-order valence-electron chi connectivity index (χ0n) is 20.3. The van der Waals surface area contributed by atoms with Gasteiger partial charge in [0.1, 0.15) is 16.6 Å². The number of nitriles is 1. The van der Waals surface area contributed by atoms with E-state index < -0.39 is 16.8 Å². The molecule has 1 amide bonds. The third-order valence-corrected chi connectivity index (χ3v) is 8.35. The number of nitro benzene ring substituents is 1. The first-order valence-corrected chi connectivity index (χ1v) is 13.8. The van der Waals surface area contributed by atoms with E-state index in [-0.39, 0.29) is 17.9 Å². The van der Waals surface area contributed by atoms with Crippen LogP contribution >= 0.6 is 34.7 Å². The summed E-state index contributed by atoms with van der Waals surface area (Å²) >= 11 is 8.60. The van der Waals surface area contributed by atoms with Gasteiger partial charge in [0.25, 0.3) is 11.6 Å². The van der Waals surface area contributed by atoms with Crippen LogP contribution in [0.4, 0.5) is 10.7 Å². The molecule has 38 heavy (non-hydrogen) atoms. The van der Waals surface area contributed by atoms with E-state index in [2.05, 4.69) is 5.32 Å². The Hall–Kier alpha value is -3.65. The lowest BCUT2D eigenvalue weighted by atomic mass is 9.95. The number of benzene rings is 2. The number of hydrogen-bond donors (Lipinski definition) is 1. The molecular weight excluding hydrogens is 546 g/mol. The number of nitrogens with one attached hydrogen (secondary N) is 1. The van der Waals surface area contributed by atoms with Crippen molar-refractivity contribution in [3.63, 3.8) is 0 Å². The normalized spacial score (nSPS) is 12.8. The molecule has 0 spiro atoms. The number of hydrogen-bond acceptors (Lipinski definition) is 8. The second-order valence-electron chi connectivity index (χ2n) is 8.29. The van der Waals surface area contributed by atoms with Crippen molar-refractivity contribution >= 4 is 63.3 Å². The summed E-state index contributed by atoms with van der Waals surface area (Å²) in [5, 5.41) is 24.9. The van der Waals surface area contributed by atoms with Crippen LogP contribution in [0.1, 0.15) is 46.1 Å². The van der Waals surface area contributed by atoms with Gasteiger partial charge in [0, 0.05) is 31.8 Å². The third-order valence-electron chi connectivity index (χ3n) is 5.79. The number of carbonyl (C=O) groups is 2. The van der Waals surface area contributed by atoms with Crippen LogP contribution in [-0.4, -0.2) is 23.4 Å². The molecule has 194 valence electrons. The lowest BCUT2D eigenvalue weighted by Gasteiger charge is -2.12. The Labute approximate surface area is 232 Å². The molecule has 0 radical (unpaired) electrons. The van der Waals surface area contributed by atoms with Crippen molar-refractivity contribution in [3.8, 4) is 6.07 Å². The number of ether oxygens (including phenoxy) is 1. The number of nitro groups is 1. The molecule has 0 aliphatic heterocycles. The first-order chi connectivity index (χ1) is 18.3. The predicted molar refractivity (Wildman–Crippen MR) is 148 cm³/mol. The molecule has 0 atom stereocenters. The number of non-ortho nitro benzene ring substituents is 1. The monoisotopic (exact) mass is 567 g/mol. The largest absolute Gasteiger partial charge is 0.462 e. The zero-order chi connectivity index (χ0) is 27.2. The molecule has 4 rings (SSSR count). The Balaban J connectivity index is 1.69. The molecule has 8 nitrogen and oxygen atoms in total. The summed E-state index contributed by atoms with van der Waals surface area (Å²) in [6.45, 7) is 1.91. The molecular formula is C27H22ClN3O5S2. The second-order valence-corrected chi connectivity index (χ2v) is 11.0. The number of halogens is 1. The summed E-state index contributed by atoms with van der Waals surface area (Å²) in [5.74, 6) is -1.23. The highest BCUT2D eigenvalue weighted by Crippen LogP contribution is 2.39. The van der Waals surface area contributed by atoms with Crippen LogP contribution in [0.2, 0.25) is 5.02 Å². The van der Waals surface area contributed by atoms with Gasteiger partial charge in [-0.15, -0.1) is 11.3 Å². The Morgan fingerprint density at radius 3 is 2.66 bits per heavy atom. The van der Waals surface area contributed by atoms with E-state index in [1.807, 2.05) is 6.07 Å². The van der Waals surface area contributed by atoms with E-state index in [9.17, 15) is 25.0 Å². The van der Waals surface area contributed by atoms with Crippen LogP contribution in [-0.2, 0) is 22.4 Å². The fourth-order valence-electron chi connectivity index (χ4n) is 4.03. The van der Waals surface area contributed by atoms with E-state index in [0.29, 0.717) is 26.0 Å². The lowest BCUT2D eigenvalue weighted by Crippen LogP contribution is -2.16. The van der Waals surface area contributed by atoms with E-state index in [0.717, 1.165) is 41.0 Å². The van der Waals surface area contributed by atoms with Crippen LogP contribution in [0.15, 0.2) is 57.8 Å². The summed E-state index contributed by atoms with van der Waals surface area (Å²) in [6, 6.07) is 13.2. The quantitative estimate of drug-likeness (QED) is 0.102. The van der Waals surface area contributed by atoms with Gasteiger partial charge in [-0.25, -0.2) is 4.79 Å². The van der Waals surface area contributed by atoms with Gasteiger partial charge in [0.05, 0.1) is 17.1 Å². The van der Waals surface area contributed by atoms with Crippen molar-refractivity contribution in [2.24, 2.45) is 0 Å². The molecule has 1 aliphatic rings. The minimum Gasteiger partial charge on any atom is -0.462 e. The maximum Gasteiger partial charge on any atom is 0.341 e. The van der Waals surface area contributed by atoms with Crippen LogP contribution in [0.25, 0.3) is 6.08 Å². The molecule has 1 heterocycles. The predicted octanol–water partition coefficient (Wildman–Crippen LogP) is 7.06. The first kappa shape index (κ1) is 27.4. The Morgan fingerprint density at radius 1 is 1.24 bits per heavy atom. The number of rotatable bonds is 8. The van der Waals surface area contributed by atoms with Crippen molar-refractivity contribution in [1.29, 1.82) is 5.26 Å². The van der Waals surface area contributed by atoms with Crippen LogP contribution in [0.3, 0.4) is 0 Å². The summed E-state index contributed by atoms with van der Waals surface area (Å²) in [6.07, 6.45) is 4.77. The van der Waals surface area contributed by atoms with E-state index in [4.69, 9.17) is 16.3 Å². The molecule has 0 fully saturated rings. The van der Waals surface area contributed by atoms with Gasteiger partial charge >= 0.3 is 5.97 Å². The Bertz CT molecular complexity index is 1480. The highest BCUT2D eigenvalue weighted by Gasteiger charge is 2.28. The summed E-state index contributed by atoms with van der Waals surface area (Å²) in [7, 11) is 0. The minimum atomic E-state index is -0.717. The van der Waals surface area contributed by atoms with Crippen LogP contribution in [0.5, 0.6) is 0 Å². The van der Waals surface area contributed by atoms with Crippen molar-refractivity contribution in [1.82, 2.24) is 0 Å². The van der Waals surface area contributed by atoms with Crippen molar-refractivity contribution < 1.29 is 19.2 Å². The molecule has 0 saturated heterocycles. The summed E-state index contributed by atoms with van der Waals surface area (Å²) in [4.78, 5) is 39.3. The van der Waals surface area contributed by atoms with Gasteiger partial charge in [-0.1, -0.05) is 23.4 Å². The van der Waals surface area contributed by atoms with Gasteiger partial charge in [-0.2, -0.15) is 5.26 Å². The molecule has 0 saturated carbocycles. The lowest BCUT2D eigenvalue weighted by molar-refractivity contribution is -0.384. The summed E-state index contributed by atoms with van der Waals surface area (Å²) in [5.41, 5.74) is 1.13. The highest BCUT2D eigenvalue weighted by molar-refractivity contribution is 7.99. The van der Waals surface area contributed by atoms with Crippen molar-refractivity contribution in [2.45, 2.75) is 42.4 Å². The van der Waals surface area contributed by atoms with Gasteiger partial charge in [-0.3, -0.25) is 14.9 Å². The Morgan fingerprint density at radius 2 is 1.97 bits per heavy atom. The van der Waals surface area contributed by atoms with Gasteiger partial charge in [-0.05, 0) is 80.1 Å². The smallest absolute Gasteiger partial charge is 0.341 e. The number of fused-ring (bicyclic) bond motifs is 1.